The highest BCUT2D eigenvalue weighted by Gasteiger charge is 2.53. The maximum atomic E-state index is 15.4. The number of benzene rings is 1. The lowest BCUT2D eigenvalue weighted by molar-refractivity contribution is -0.152. The zero-order valence-electron chi connectivity index (χ0n) is 20.7. The quantitative estimate of drug-likeness (QED) is 0.436. The maximum absolute atomic E-state index is 15.4. The molecule has 6 nitrogen and oxygen atoms in total. The van der Waals surface area contributed by atoms with Gasteiger partial charge >= 0.3 is 13.3 Å². The Morgan fingerprint density at radius 2 is 1.71 bits per heavy atom. The molecule has 4 rings (SSSR count). The fourth-order valence-electron chi connectivity index (χ4n) is 4.22. The van der Waals surface area contributed by atoms with Crippen molar-refractivity contribution in [1.29, 1.82) is 0 Å². The molecular weight excluding hydrogens is 487 g/mol. The third-order valence-corrected chi connectivity index (χ3v) is 8.90. The van der Waals surface area contributed by atoms with Gasteiger partial charge in [0.05, 0.1) is 16.5 Å². The van der Waals surface area contributed by atoms with Crippen molar-refractivity contribution in [3.05, 3.63) is 29.7 Å². The van der Waals surface area contributed by atoms with Crippen molar-refractivity contribution in [3.8, 4) is 0 Å². The number of nitrogens with one attached hydrogen (secondary N) is 1. The predicted octanol–water partition coefficient (Wildman–Crippen LogP) is 4.42. The molecule has 1 saturated heterocycles. The number of hydrogen-bond acceptors (Lipinski definition) is 4. The molecule has 0 spiro atoms. The average Bonchev–Trinajstić information content (AvgIpc) is 3.45. The van der Waals surface area contributed by atoms with Gasteiger partial charge in [0.25, 0.3) is 0 Å². The molecule has 0 radical (unpaired) electrons. The minimum Gasteiger partial charge on any atom is -0.399 e. The van der Waals surface area contributed by atoms with E-state index in [1.807, 2.05) is 46.3 Å². The van der Waals surface area contributed by atoms with Crippen LogP contribution in [0.15, 0.2) is 18.3 Å². The monoisotopic (exact) mass is 518 g/mol. The van der Waals surface area contributed by atoms with Crippen LogP contribution in [0.4, 0.5) is 17.6 Å². The lowest BCUT2D eigenvalue weighted by atomic mass is 9.78. The van der Waals surface area contributed by atoms with Gasteiger partial charge in [0, 0.05) is 34.7 Å². The number of rotatable bonds is 7. The van der Waals surface area contributed by atoms with Crippen LogP contribution in [0.3, 0.4) is 0 Å². The van der Waals surface area contributed by atoms with Crippen LogP contribution in [-0.4, -0.2) is 42.7 Å². The van der Waals surface area contributed by atoms with Crippen molar-refractivity contribution in [1.82, 2.24) is 9.29 Å². The second-order valence-electron chi connectivity index (χ2n) is 10.9. The van der Waals surface area contributed by atoms with E-state index in [1.165, 1.54) is 12.3 Å². The van der Waals surface area contributed by atoms with Crippen molar-refractivity contribution in [2.45, 2.75) is 89.6 Å². The first kappa shape index (κ1) is 26.4. The number of aromatic nitrogens is 1. The lowest BCUT2D eigenvalue weighted by Gasteiger charge is -2.32. The zero-order valence-corrected chi connectivity index (χ0v) is 21.5. The molecular formula is C23H31BF4N2O4S. The van der Waals surface area contributed by atoms with E-state index in [1.54, 1.807) is 4.57 Å². The van der Waals surface area contributed by atoms with Gasteiger partial charge in [-0.2, -0.15) is 17.9 Å². The van der Waals surface area contributed by atoms with Gasteiger partial charge in [0.1, 0.15) is 11.9 Å². The van der Waals surface area contributed by atoms with E-state index in [0.29, 0.717) is 24.9 Å². The normalized spacial score (nSPS) is 21.3. The van der Waals surface area contributed by atoms with Gasteiger partial charge in [-0.15, -0.1) is 0 Å². The van der Waals surface area contributed by atoms with E-state index in [2.05, 4.69) is 0 Å². The highest BCUT2D eigenvalue weighted by Crippen LogP contribution is 2.41. The third-order valence-electron chi connectivity index (χ3n) is 6.98. The minimum atomic E-state index is -4.92. The largest absolute Gasteiger partial charge is 0.497 e. The van der Waals surface area contributed by atoms with Crippen LogP contribution in [0, 0.1) is 11.7 Å². The molecule has 1 saturated carbocycles. The Labute approximate surface area is 203 Å². The Hall–Kier alpha value is -1.63. The molecule has 1 atom stereocenters. The Morgan fingerprint density at radius 3 is 2.20 bits per heavy atom. The van der Waals surface area contributed by atoms with E-state index in [0.717, 1.165) is 6.07 Å². The second kappa shape index (κ2) is 8.46. The van der Waals surface area contributed by atoms with Crippen LogP contribution in [0.2, 0.25) is 0 Å². The van der Waals surface area contributed by atoms with E-state index in [-0.39, 0.29) is 22.3 Å². The molecule has 1 aromatic carbocycles. The van der Waals surface area contributed by atoms with E-state index >= 15 is 4.39 Å². The van der Waals surface area contributed by atoms with E-state index < -0.39 is 51.6 Å². The number of alkyl halides is 3. The van der Waals surface area contributed by atoms with Crippen LogP contribution in [0.25, 0.3) is 10.9 Å². The molecule has 1 N–H and O–H groups in total. The molecule has 2 aliphatic rings. The van der Waals surface area contributed by atoms with Crippen molar-refractivity contribution < 1.29 is 35.3 Å². The number of halogens is 4. The summed E-state index contributed by atoms with van der Waals surface area (Å²) in [4.78, 5) is 0. The van der Waals surface area contributed by atoms with Gasteiger partial charge in [-0.3, -0.25) is 0 Å². The van der Waals surface area contributed by atoms with Crippen molar-refractivity contribution in [3.63, 3.8) is 0 Å². The van der Waals surface area contributed by atoms with Gasteiger partial charge in [0.15, 0.2) is 0 Å². The Kier molecular flexibility index (Phi) is 6.39. The first-order valence-electron chi connectivity index (χ1n) is 11.7. The van der Waals surface area contributed by atoms with Crippen molar-refractivity contribution >= 4 is 33.5 Å². The summed E-state index contributed by atoms with van der Waals surface area (Å²) in [5.74, 6) is -0.721. The summed E-state index contributed by atoms with van der Waals surface area (Å²) >= 11 is 0. The van der Waals surface area contributed by atoms with Crippen LogP contribution in [0.1, 0.15) is 66.0 Å². The third kappa shape index (κ3) is 4.99. The van der Waals surface area contributed by atoms with E-state index in [9.17, 15) is 21.6 Å². The molecule has 1 aliphatic heterocycles. The summed E-state index contributed by atoms with van der Waals surface area (Å²) in [6.45, 7) is 11.4. The summed E-state index contributed by atoms with van der Waals surface area (Å²) in [6.07, 6.45) is -3.01. The SMILES string of the molecule is CC(C)Cn1cc(C(NS(=O)(=O)C2CC2)C(F)(F)F)c2cc(F)c(B3OC(C)(C)C(C)(C)O3)cc21. The Bertz CT molecular complexity index is 1220. The van der Waals surface area contributed by atoms with Crippen LogP contribution >= 0.6 is 0 Å². The molecule has 0 bridgehead atoms. The first-order valence-corrected chi connectivity index (χ1v) is 13.2. The summed E-state index contributed by atoms with van der Waals surface area (Å²) in [6, 6.07) is -0.0285. The molecule has 12 heteroatoms. The Balaban J connectivity index is 1.85. The van der Waals surface area contributed by atoms with Gasteiger partial charge < -0.3 is 13.9 Å². The van der Waals surface area contributed by atoms with E-state index in [4.69, 9.17) is 9.31 Å². The minimum absolute atomic E-state index is 0.00996. The highest BCUT2D eigenvalue weighted by molar-refractivity contribution is 7.90. The van der Waals surface area contributed by atoms with Crippen molar-refractivity contribution in [2.24, 2.45) is 5.92 Å². The first-order chi connectivity index (χ1) is 15.9. The molecule has 0 amide bonds. The molecule has 1 aliphatic carbocycles. The molecule has 1 aromatic heterocycles. The molecule has 2 aromatic rings. The topological polar surface area (TPSA) is 69.6 Å². The van der Waals surface area contributed by atoms with Crippen LogP contribution < -0.4 is 10.2 Å². The molecule has 194 valence electrons. The van der Waals surface area contributed by atoms with Gasteiger partial charge in [-0.1, -0.05) is 13.8 Å². The van der Waals surface area contributed by atoms with Crippen LogP contribution in [-0.2, 0) is 25.9 Å². The summed E-state index contributed by atoms with van der Waals surface area (Å²) in [7, 11) is -5.21. The summed E-state index contributed by atoms with van der Waals surface area (Å²) in [5.41, 5.74) is -1.37. The molecule has 1 unspecified atom stereocenters. The number of hydrogen-bond donors (Lipinski definition) is 1. The lowest BCUT2D eigenvalue weighted by Crippen LogP contribution is -2.41. The Morgan fingerprint density at radius 1 is 1.14 bits per heavy atom. The second-order valence-corrected chi connectivity index (χ2v) is 12.9. The smallest absolute Gasteiger partial charge is 0.399 e. The molecule has 2 fully saturated rings. The van der Waals surface area contributed by atoms with Gasteiger partial charge in [0.2, 0.25) is 10.0 Å². The summed E-state index contributed by atoms with van der Waals surface area (Å²) in [5, 5.41) is -0.840. The number of sulfonamides is 1. The van der Waals surface area contributed by atoms with Gasteiger partial charge in [-0.25, -0.2) is 12.8 Å². The van der Waals surface area contributed by atoms with Gasteiger partial charge in [-0.05, 0) is 58.6 Å². The molecule has 35 heavy (non-hydrogen) atoms. The van der Waals surface area contributed by atoms with Crippen molar-refractivity contribution in [2.75, 3.05) is 0 Å². The highest BCUT2D eigenvalue weighted by atomic mass is 32.2. The zero-order chi connectivity index (χ0) is 26.1. The summed E-state index contributed by atoms with van der Waals surface area (Å²) < 4.78 is 98.1. The number of fused-ring (bicyclic) bond motifs is 1. The number of nitrogens with zero attached hydrogens (tertiary/aromatic N) is 1. The molecule has 2 heterocycles. The predicted molar refractivity (Wildman–Crippen MR) is 126 cm³/mol. The standard InChI is InChI=1S/C23H31BF4N2O4S/c1-13(2)11-30-12-16(20(23(26,27)28)29-35(31,32)14-7-8-14)15-9-18(25)17(10-19(15)30)24-33-21(3,4)22(5,6)34-24/h9-10,12-14,20,29H,7-8,11H2,1-6H3. The maximum Gasteiger partial charge on any atom is 0.497 e. The average molecular weight is 518 g/mol. The fourth-order valence-corrected chi connectivity index (χ4v) is 5.76. The van der Waals surface area contributed by atoms with Crippen LogP contribution in [0.5, 0.6) is 0 Å². The fraction of sp³-hybridized carbons (Fsp3) is 0.652.